The summed E-state index contributed by atoms with van der Waals surface area (Å²) in [6.07, 6.45) is 0.814. The number of nitrogen functional groups attached to an aromatic ring is 1. The molecule has 0 atom stereocenters. The second kappa shape index (κ2) is 4.50. The maximum absolute atomic E-state index is 13.8. The van der Waals surface area contributed by atoms with E-state index in [2.05, 4.69) is 11.1 Å². The second-order valence-corrected chi connectivity index (χ2v) is 4.60. The van der Waals surface area contributed by atoms with Crippen LogP contribution in [0.25, 0.3) is 0 Å². The zero-order valence-electron chi connectivity index (χ0n) is 10.2. The van der Waals surface area contributed by atoms with Gasteiger partial charge in [-0.3, -0.25) is 0 Å². The molecule has 0 bridgehead atoms. The predicted molar refractivity (Wildman–Crippen MR) is 69.8 cm³/mol. The average molecular weight is 261 g/mol. The number of aromatic nitrogens is 1. The zero-order chi connectivity index (χ0) is 13.4. The number of hydrogen-bond acceptors (Lipinski definition) is 3. The summed E-state index contributed by atoms with van der Waals surface area (Å²) >= 11 is 0. The van der Waals surface area contributed by atoms with Gasteiger partial charge in [0.15, 0.2) is 23.3 Å². The minimum absolute atomic E-state index is 0.119. The number of fused-ring (bicyclic) bond motifs is 1. The van der Waals surface area contributed by atoms with E-state index in [-0.39, 0.29) is 11.6 Å². The lowest BCUT2D eigenvalue weighted by atomic mass is 10.00. The molecule has 0 unspecified atom stereocenters. The molecular weight excluding hydrogens is 248 g/mol. The third kappa shape index (κ3) is 2.12. The van der Waals surface area contributed by atoms with Crippen LogP contribution in [-0.4, -0.2) is 11.5 Å². The van der Waals surface area contributed by atoms with Crippen LogP contribution in [-0.2, 0) is 13.0 Å². The molecular formula is C14H13F2N3. The molecule has 1 aromatic carbocycles. The van der Waals surface area contributed by atoms with Crippen LogP contribution in [0, 0.1) is 11.6 Å². The van der Waals surface area contributed by atoms with Crippen molar-refractivity contribution < 1.29 is 8.78 Å². The average Bonchev–Trinajstić information content (AvgIpc) is 2.42. The van der Waals surface area contributed by atoms with E-state index in [1.807, 2.05) is 18.2 Å². The fourth-order valence-electron chi connectivity index (χ4n) is 2.37. The molecule has 0 saturated heterocycles. The van der Waals surface area contributed by atoms with E-state index in [4.69, 9.17) is 5.73 Å². The van der Waals surface area contributed by atoms with Crippen molar-refractivity contribution in [3.05, 3.63) is 53.1 Å². The number of halogens is 2. The van der Waals surface area contributed by atoms with E-state index >= 15 is 0 Å². The zero-order valence-corrected chi connectivity index (χ0v) is 10.2. The minimum atomic E-state index is -0.821. The Hall–Kier alpha value is -2.17. The lowest BCUT2D eigenvalue weighted by molar-refractivity contribution is 0.567. The fourth-order valence-corrected chi connectivity index (χ4v) is 2.37. The first kappa shape index (κ1) is 11.9. The molecule has 1 aliphatic rings. The van der Waals surface area contributed by atoms with Crippen molar-refractivity contribution in [2.24, 2.45) is 0 Å². The highest BCUT2D eigenvalue weighted by molar-refractivity contribution is 5.49. The topological polar surface area (TPSA) is 42.1 Å². The summed E-state index contributed by atoms with van der Waals surface area (Å²) in [6.45, 7) is 1.21. The Balaban J connectivity index is 1.95. The van der Waals surface area contributed by atoms with Gasteiger partial charge in [-0.15, -0.1) is 0 Å². The second-order valence-electron chi connectivity index (χ2n) is 4.60. The van der Waals surface area contributed by atoms with Crippen LogP contribution in [0.1, 0.15) is 11.1 Å². The first-order valence-electron chi connectivity index (χ1n) is 6.08. The highest BCUT2D eigenvalue weighted by Gasteiger charge is 2.21. The Morgan fingerprint density at radius 3 is 2.63 bits per heavy atom. The maximum atomic E-state index is 13.8. The van der Waals surface area contributed by atoms with Crippen molar-refractivity contribution >= 4 is 11.6 Å². The van der Waals surface area contributed by atoms with Crippen molar-refractivity contribution in [1.82, 2.24) is 4.98 Å². The summed E-state index contributed by atoms with van der Waals surface area (Å²) in [4.78, 5) is 5.61. The number of anilines is 2. The van der Waals surface area contributed by atoms with Gasteiger partial charge in [-0.25, -0.2) is 13.8 Å². The monoisotopic (exact) mass is 261 g/mol. The molecule has 2 heterocycles. The van der Waals surface area contributed by atoms with E-state index in [0.29, 0.717) is 13.1 Å². The van der Waals surface area contributed by atoms with Crippen LogP contribution < -0.4 is 10.6 Å². The molecule has 1 aliphatic heterocycles. The predicted octanol–water partition coefficient (Wildman–Crippen LogP) is 2.50. The van der Waals surface area contributed by atoms with Crippen LogP contribution in [0.3, 0.4) is 0 Å². The van der Waals surface area contributed by atoms with Gasteiger partial charge in [0, 0.05) is 19.2 Å². The first-order chi connectivity index (χ1) is 9.15. The van der Waals surface area contributed by atoms with Gasteiger partial charge in [-0.1, -0.05) is 24.3 Å². The number of benzene rings is 1. The van der Waals surface area contributed by atoms with Crippen molar-refractivity contribution in [3.8, 4) is 0 Å². The third-order valence-electron chi connectivity index (χ3n) is 3.37. The highest BCUT2D eigenvalue weighted by atomic mass is 19.1. The Morgan fingerprint density at radius 2 is 1.84 bits per heavy atom. The molecule has 0 saturated carbocycles. The molecule has 5 heteroatoms. The van der Waals surface area contributed by atoms with Crippen molar-refractivity contribution in [2.45, 2.75) is 13.0 Å². The number of pyridine rings is 1. The molecule has 0 aliphatic carbocycles. The van der Waals surface area contributed by atoms with Crippen molar-refractivity contribution in [1.29, 1.82) is 0 Å². The lowest BCUT2D eigenvalue weighted by Crippen LogP contribution is -2.32. The number of hydrogen-bond donors (Lipinski definition) is 1. The number of rotatable bonds is 1. The Labute approximate surface area is 109 Å². The van der Waals surface area contributed by atoms with Gasteiger partial charge in [-0.05, 0) is 17.5 Å². The Morgan fingerprint density at radius 1 is 1.11 bits per heavy atom. The highest BCUT2D eigenvalue weighted by Crippen LogP contribution is 2.26. The summed E-state index contributed by atoms with van der Waals surface area (Å²) < 4.78 is 26.9. The molecule has 0 fully saturated rings. The normalized spacial score (nSPS) is 14.3. The fraction of sp³-hybridized carbons (Fsp3) is 0.214. The van der Waals surface area contributed by atoms with Gasteiger partial charge in [0.1, 0.15) is 0 Å². The largest absolute Gasteiger partial charge is 0.381 e. The van der Waals surface area contributed by atoms with E-state index in [9.17, 15) is 8.78 Å². The minimum Gasteiger partial charge on any atom is -0.381 e. The third-order valence-corrected chi connectivity index (χ3v) is 3.37. The SMILES string of the molecule is Nc1nc(N2CCc3ccccc3C2)c(F)cc1F. The van der Waals surface area contributed by atoms with Crippen LogP contribution in [0.4, 0.5) is 20.4 Å². The molecule has 0 spiro atoms. The smallest absolute Gasteiger partial charge is 0.168 e. The summed E-state index contributed by atoms with van der Waals surface area (Å²) in [6, 6.07) is 8.80. The van der Waals surface area contributed by atoms with Crippen LogP contribution in [0.5, 0.6) is 0 Å². The molecule has 2 aromatic rings. The standard InChI is InChI=1S/C14H13F2N3/c15-11-7-12(16)14(18-13(11)17)19-6-5-9-3-1-2-4-10(9)8-19/h1-4,7H,5-6,8H2,(H2,17,18). The van der Waals surface area contributed by atoms with Gasteiger partial charge in [0.05, 0.1) is 0 Å². The van der Waals surface area contributed by atoms with Gasteiger partial charge >= 0.3 is 0 Å². The number of nitrogens with zero attached hydrogens (tertiary/aromatic N) is 2. The number of nitrogens with two attached hydrogens (primary N) is 1. The van der Waals surface area contributed by atoms with Gasteiger partial charge in [0.2, 0.25) is 0 Å². The van der Waals surface area contributed by atoms with Gasteiger partial charge in [-0.2, -0.15) is 0 Å². The van der Waals surface area contributed by atoms with Crippen LogP contribution >= 0.6 is 0 Å². The van der Waals surface area contributed by atoms with Crippen LogP contribution in [0.2, 0.25) is 0 Å². The molecule has 3 nitrogen and oxygen atoms in total. The Kier molecular flexibility index (Phi) is 2.81. The van der Waals surface area contributed by atoms with Gasteiger partial charge in [0.25, 0.3) is 0 Å². The Bertz CT molecular complexity index is 628. The molecule has 3 rings (SSSR count). The summed E-state index contributed by atoms with van der Waals surface area (Å²) in [5.74, 6) is -1.64. The molecule has 19 heavy (non-hydrogen) atoms. The van der Waals surface area contributed by atoms with E-state index < -0.39 is 11.6 Å². The van der Waals surface area contributed by atoms with Crippen molar-refractivity contribution in [2.75, 3.05) is 17.2 Å². The molecule has 1 aromatic heterocycles. The first-order valence-corrected chi connectivity index (χ1v) is 6.08. The van der Waals surface area contributed by atoms with Crippen molar-refractivity contribution in [3.63, 3.8) is 0 Å². The maximum Gasteiger partial charge on any atom is 0.168 e. The lowest BCUT2D eigenvalue weighted by Gasteiger charge is -2.30. The summed E-state index contributed by atoms with van der Waals surface area (Å²) in [7, 11) is 0. The van der Waals surface area contributed by atoms with E-state index in [1.165, 1.54) is 5.56 Å². The van der Waals surface area contributed by atoms with Crippen LogP contribution in [0.15, 0.2) is 30.3 Å². The van der Waals surface area contributed by atoms with Gasteiger partial charge < -0.3 is 10.6 Å². The quantitative estimate of drug-likeness (QED) is 0.857. The van der Waals surface area contributed by atoms with E-state index in [0.717, 1.165) is 18.1 Å². The molecule has 98 valence electrons. The molecule has 0 amide bonds. The molecule has 0 radical (unpaired) electrons. The summed E-state index contributed by atoms with van der Waals surface area (Å²) in [5.41, 5.74) is 7.81. The van der Waals surface area contributed by atoms with E-state index in [1.54, 1.807) is 4.90 Å². The molecule has 2 N–H and O–H groups in total. The summed E-state index contributed by atoms with van der Waals surface area (Å²) in [5, 5.41) is 0.